The molecule has 9 heteroatoms. The highest BCUT2D eigenvalue weighted by atomic mass is 79.9. The van der Waals surface area contributed by atoms with Crippen LogP contribution in [0.25, 0.3) is 0 Å². The van der Waals surface area contributed by atoms with Gasteiger partial charge in [0.25, 0.3) is 11.8 Å². The fraction of sp³-hybridized carbons (Fsp3) is 0.273. The summed E-state index contributed by atoms with van der Waals surface area (Å²) in [6.07, 6.45) is -0.208. The first-order valence-electron chi connectivity index (χ1n) is 9.67. The molecule has 0 bridgehead atoms. The van der Waals surface area contributed by atoms with Crippen molar-refractivity contribution in [3.63, 3.8) is 0 Å². The minimum absolute atomic E-state index is 0.0436. The fourth-order valence-electron chi connectivity index (χ4n) is 3.34. The maximum Gasteiger partial charge on any atom is 0.271 e. The molecule has 0 spiro atoms. The number of benzene rings is 2. The first-order valence-corrected chi connectivity index (χ1v) is 10.5. The number of halogens is 1. The lowest BCUT2D eigenvalue weighted by atomic mass is 10.2. The summed E-state index contributed by atoms with van der Waals surface area (Å²) in [5.74, 6) is -1.78. The molecule has 1 aliphatic heterocycles. The third-order valence-corrected chi connectivity index (χ3v) is 5.61. The Balaban J connectivity index is 1.93. The van der Waals surface area contributed by atoms with Gasteiger partial charge in [0.1, 0.15) is 11.8 Å². The van der Waals surface area contributed by atoms with Crippen LogP contribution < -0.4 is 15.1 Å². The number of amides is 4. The van der Waals surface area contributed by atoms with Crippen LogP contribution in [0.4, 0.5) is 5.69 Å². The lowest BCUT2D eigenvalue weighted by molar-refractivity contribution is -0.140. The number of anilines is 1. The second-order valence-corrected chi connectivity index (χ2v) is 7.86. The average molecular weight is 488 g/mol. The van der Waals surface area contributed by atoms with Crippen molar-refractivity contribution >= 4 is 45.2 Å². The van der Waals surface area contributed by atoms with Crippen LogP contribution >= 0.6 is 15.9 Å². The third kappa shape index (κ3) is 4.46. The molecule has 162 valence electrons. The number of nitrogens with one attached hydrogen (secondary N) is 1. The Morgan fingerprint density at radius 2 is 1.94 bits per heavy atom. The minimum atomic E-state index is -1.16. The number of hydrazine groups is 1. The summed E-state index contributed by atoms with van der Waals surface area (Å²) >= 11 is 3.30. The van der Waals surface area contributed by atoms with Crippen LogP contribution in [0.5, 0.6) is 5.75 Å². The van der Waals surface area contributed by atoms with Crippen molar-refractivity contribution in [2.24, 2.45) is 0 Å². The van der Waals surface area contributed by atoms with E-state index >= 15 is 0 Å². The Morgan fingerprint density at radius 3 is 2.58 bits per heavy atom. The minimum Gasteiger partial charge on any atom is -0.495 e. The number of nitrogens with zero attached hydrogens (tertiary/aromatic N) is 2. The van der Waals surface area contributed by atoms with Crippen LogP contribution in [-0.4, -0.2) is 41.8 Å². The molecule has 0 aliphatic carbocycles. The van der Waals surface area contributed by atoms with E-state index < -0.39 is 29.7 Å². The summed E-state index contributed by atoms with van der Waals surface area (Å²) in [6, 6.07) is 10.7. The standard InChI is InChI=1S/C22H22BrN3O5/c1-4-19(27)26(24-21(29)14-7-5-6-8-15(14)23)17-12-20(28)25(22(17)30)16-11-13(2)9-10-18(16)31-3/h5-11,17H,4,12H2,1-3H3,(H,24,29). The maximum absolute atomic E-state index is 13.2. The van der Waals surface area contributed by atoms with E-state index in [-0.39, 0.29) is 12.8 Å². The van der Waals surface area contributed by atoms with Gasteiger partial charge in [-0.05, 0) is 52.7 Å². The molecule has 2 aromatic carbocycles. The zero-order valence-corrected chi connectivity index (χ0v) is 18.9. The number of hydrogen-bond acceptors (Lipinski definition) is 5. The Bertz CT molecular complexity index is 1060. The van der Waals surface area contributed by atoms with Gasteiger partial charge in [-0.1, -0.05) is 25.1 Å². The molecule has 3 rings (SSSR count). The molecule has 0 radical (unpaired) electrons. The number of aryl methyl sites for hydroxylation is 1. The van der Waals surface area contributed by atoms with Gasteiger partial charge in [0, 0.05) is 10.9 Å². The summed E-state index contributed by atoms with van der Waals surface area (Å²) in [4.78, 5) is 52.4. The molecule has 1 atom stereocenters. The number of ether oxygens (including phenoxy) is 1. The van der Waals surface area contributed by atoms with E-state index in [0.717, 1.165) is 15.5 Å². The molecule has 1 heterocycles. The smallest absolute Gasteiger partial charge is 0.271 e. The van der Waals surface area contributed by atoms with E-state index in [0.29, 0.717) is 21.5 Å². The second-order valence-electron chi connectivity index (χ2n) is 7.00. The molecular weight excluding hydrogens is 466 g/mol. The van der Waals surface area contributed by atoms with Crippen molar-refractivity contribution in [2.45, 2.75) is 32.7 Å². The summed E-state index contributed by atoms with van der Waals surface area (Å²) < 4.78 is 5.85. The molecular formula is C22H22BrN3O5. The monoisotopic (exact) mass is 487 g/mol. The van der Waals surface area contributed by atoms with E-state index in [2.05, 4.69) is 21.4 Å². The SMILES string of the molecule is CCC(=O)N(NC(=O)c1ccccc1Br)C1CC(=O)N(c2cc(C)ccc2OC)C1=O. The van der Waals surface area contributed by atoms with Gasteiger partial charge >= 0.3 is 0 Å². The largest absolute Gasteiger partial charge is 0.495 e. The van der Waals surface area contributed by atoms with Crippen LogP contribution in [0.15, 0.2) is 46.9 Å². The van der Waals surface area contributed by atoms with E-state index in [1.54, 1.807) is 49.4 Å². The van der Waals surface area contributed by atoms with Gasteiger partial charge in [0.15, 0.2) is 0 Å². The van der Waals surface area contributed by atoms with E-state index in [1.165, 1.54) is 7.11 Å². The fourth-order valence-corrected chi connectivity index (χ4v) is 3.81. The van der Waals surface area contributed by atoms with Crippen LogP contribution in [0.3, 0.4) is 0 Å². The van der Waals surface area contributed by atoms with Gasteiger partial charge in [0.05, 0.1) is 24.8 Å². The number of methoxy groups -OCH3 is 1. The van der Waals surface area contributed by atoms with E-state index in [9.17, 15) is 19.2 Å². The lowest BCUT2D eigenvalue weighted by Crippen LogP contribution is -2.54. The Morgan fingerprint density at radius 1 is 1.23 bits per heavy atom. The van der Waals surface area contributed by atoms with Crippen molar-refractivity contribution < 1.29 is 23.9 Å². The quantitative estimate of drug-likeness (QED) is 0.516. The van der Waals surface area contributed by atoms with Crippen LogP contribution in [0, 0.1) is 6.92 Å². The van der Waals surface area contributed by atoms with Crippen LogP contribution in [-0.2, 0) is 14.4 Å². The van der Waals surface area contributed by atoms with E-state index in [1.807, 2.05) is 6.92 Å². The molecule has 2 aromatic rings. The molecule has 1 aliphatic rings. The number of carbonyl (C=O) groups is 4. The van der Waals surface area contributed by atoms with Crippen LogP contribution in [0.2, 0.25) is 0 Å². The summed E-state index contributed by atoms with van der Waals surface area (Å²) in [7, 11) is 1.45. The Kier molecular flexibility index (Phi) is 6.74. The van der Waals surface area contributed by atoms with Gasteiger partial charge in [-0.25, -0.2) is 9.91 Å². The highest BCUT2D eigenvalue weighted by Crippen LogP contribution is 2.34. The third-order valence-electron chi connectivity index (χ3n) is 4.92. The van der Waals surface area contributed by atoms with Gasteiger partial charge in [0.2, 0.25) is 11.8 Å². The van der Waals surface area contributed by atoms with Crippen molar-refractivity contribution in [3.05, 3.63) is 58.1 Å². The molecule has 1 unspecified atom stereocenters. The predicted octanol–water partition coefficient (Wildman–Crippen LogP) is 2.98. The second kappa shape index (κ2) is 9.30. The first-order chi connectivity index (χ1) is 14.8. The van der Waals surface area contributed by atoms with Crippen LogP contribution in [0.1, 0.15) is 35.7 Å². The molecule has 4 amide bonds. The van der Waals surface area contributed by atoms with Gasteiger partial charge < -0.3 is 4.74 Å². The zero-order chi connectivity index (χ0) is 22.7. The van der Waals surface area contributed by atoms with E-state index in [4.69, 9.17) is 4.74 Å². The topological polar surface area (TPSA) is 96.0 Å². The Hall–Kier alpha value is -3.20. The van der Waals surface area contributed by atoms with Gasteiger partial charge in [-0.3, -0.25) is 24.6 Å². The zero-order valence-electron chi connectivity index (χ0n) is 17.3. The first kappa shape index (κ1) is 22.5. The van der Waals surface area contributed by atoms with Crippen molar-refractivity contribution in [3.8, 4) is 5.75 Å². The molecule has 1 N–H and O–H groups in total. The molecule has 1 fully saturated rings. The molecule has 1 saturated heterocycles. The van der Waals surface area contributed by atoms with Crippen molar-refractivity contribution in [1.82, 2.24) is 10.4 Å². The van der Waals surface area contributed by atoms with Crippen molar-refractivity contribution in [2.75, 3.05) is 12.0 Å². The summed E-state index contributed by atoms with van der Waals surface area (Å²) in [5.41, 5.74) is 3.95. The number of imide groups is 1. The van der Waals surface area contributed by atoms with Gasteiger partial charge in [-0.15, -0.1) is 0 Å². The molecule has 0 aromatic heterocycles. The Labute approximate surface area is 188 Å². The normalized spacial score (nSPS) is 15.7. The molecule has 31 heavy (non-hydrogen) atoms. The highest BCUT2D eigenvalue weighted by Gasteiger charge is 2.46. The summed E-state index contributed by atoms with van der Waals surface area (Å²) in [5, 5.41) is 0.963. The predicted molar refractivity (Wildman–Crippen MR) is 117 cm³/mol. The highest BCUT2D eigenvalue weighted by molar-refractivity contribution is 9.10. The number of hydrogen-bond donors (Lipinski definition) is 1. The lowest BCUT2D eigenvalue weighted by Gasteiger charge is -2.28. The van der Waals surface area contributed by atoms with Crippen molar-refractivity contribution in [1.29, 1.82) is 0 Å². The number of rotatable bonds is 5. The average Bonchev–Trinajstić information content (AvgIpc) is 3.05. The molecule has 8 nitrogen and oxygen atoms in total. The molecule has 0 saturated carbocycles. The maximum atomic E-state index is 13.2. The summed E-state index contributed by atoms with van der Waals surface area (Å²) in [6.45, 7) is 3.44. The number of carbonyl (C=O) groups excluding carboxylic acids is 4. The van der Waals surface area contributed by atoms with Gasteiger partial charge in [-0.2, -0.15) is 0 Å².